The van der Waals surface area contributed by atoms with E-state index in [1.165, 1.54) is 24.3 Å². The first-order valence-corrected chi connectivity index (χ1v) is 13.3. The van der Waals surface area contributed by atoms with Gasteiger partial charge in [-0.15, -0.1) is 23.2 Å². The number of imide groups is 1. The van der Waals surface area contributed by atoms with Crippen LogP contribution in [0.5, 0.6) is 0 Å². The van der Waals surface area contributed by atoms with Gasteiger partial charge in [0.15, 0.2) is 0 Å². The number of carbonyl (C=O) groups excluding carboxylic acids is 3. The summed E-state index contributed by atoms with van der Waals surface area (Å²) in [6.07, 6.45) is 0. The normalized spacial score (nSPS) is 27.2. The summed E-state index contributed by atoms with van der Waals surface area (Å²) in [4.78, 5) is 51.0. The summed E-state index contributed by atoms with van der Waals surface area (Å²) in [5.41, 5.74) is 2.67. The average molecular weight is 564 g/mol. The maximum atomic E-state index is 14.2. The van der Waals surface area contributed by atoms with E-state index >= 15 is 0 Å². The van der Waals surface area contributed by atoms with Gasteiger partial charge >= 0.3 is 0 Å². The first-order chi connectivity index (χ1) is 18.5. The van der Waals surface area contributed by atoms with Crippen molar-refractivity contribution in [3.05, 3.63) is 105 Å². The smallest absolute Gasteiger partial charge is 0.271 e. The molecule has 1 heterocycles. The number of carbonyl (C=O) groups is 3. The van der Waals surface area contributed by atoms with Gasteiger partial charge in [-0.05, 0) is 34.2 Å². The Balaban J connectivity index is 1.46. The minimum absolute atomic E-state index is 0.180. The number of nitro benzene ring substituents is 1. The number of non-ortho nitro benzene ring substituents is 1. The Morgan fingerprint density at radius 2 is 1.33 bits per heavy atom. The summed E-state index contributed by atoms with van der Waals surface area (Å²) in [7, 11) is 0. The highest BCUT2D eigenvalue weighted by molar-refractivity contribution is 6.36. The minimum atomic E-state index is -1.35. The van der Waals surface area contributed by atoms with Crippen molar-refractivity contribution < 1.29 is 19.3 Å². The summed E-state index contributed by atoms with van der Waals surface area (Å²) in [6.45, 7) is 3.45. The van der Waals surface area contributed by atoms with Gasteiger partial charge in [-0.1, -0.05) is 68.4 Å². The summed E-state index contributed by atoms with van der Waals surface area (Å²) in [5, 5.41) is 13.9. The van der Waals surface area contributed by atoms with Gasteiger partial charge < -0.3 is 5.32 Å². The lowest BCUT2D eigenvalue weighted by Gasteiger charge is -2.54. The molecular weight excluding hydrogens is 541 g/mol. The second-order valence-electron chi connectivity index (χ2n) is 10.5. The topological polar surface area (TPSA) is 110 Å². The maximum absolute atomic E-state index is 14.2. The van der Waals surface area contributed by atoms with Crippen molar-refractivity contribution in [1.82, 2.24) is 4.90 Å². The highest BCUT2D eigenvalue weighted by Gasteiger charge is 2.73. The molecule has 0 unspecified atom stereocenters. The zero-order valence-corrected chi connectivity index (χ0v) is 22.4. The fourth-order valence-corrected chi connectivity index (χ4v) is 7.69. The van der Waals surface area contributed by atoms with Crippen LogP contribution < -0.4 is 5.32 Å². The number of hydrogen-bond donors (Lipinski definition) is 1. The summed E-state index contributed by atoms with van der Waals surface area (Å²) < 4.78 is 0. The number of nitrogens with zero attached hydrogens (tertiary/aromatic N) is 2. The Kier molecular flexibility index (Phi) is 5.65. The van der Waals surface area contributed by atoms with Crippen LogP contribution in [-0.4, -0.2) is 33.6 Å². The third kappa shape index (κ3) is 3.28. The van der Waals surface area contributed by atoms with Crippen LogP contribution in [0.2, 0.25) is 0 Å². The molecule has 0 aromatic heterocycles. The third-order valence-electron chi connectivity index (χ3n) is 8.12. The molecule has 3 atom stereocenters. The van der Waals surface area contributed by atoms with E-state index in [2.05, 4.69) is 5.32 Å². The molecule has 0 radical (unpaired) electrons. The molecule has 8 nitrogen and oxygen atoms in total. The summed E-state index contributed by atoms with van der Waals surface area (Å²) in [6, 6.07) is 18.9. The van der Waals surface area contributed by atoms with Gasteiger partial charge in [-0.2, -0.15) is 0 Å². The molecule has 3 aromatic rings. The van der Waals surface area contributed by atoms with Crippen molar-refractivity contribution in [3.63, 3.8) is 0 Å². The molecule has 3 amide bonds. The number of alkyl halides is 2. The number of amides is 3. The highest BCUT2D eigenvalue weighted by Crippen LogP contribution is 2.69. The first kappa shape index (κ1) is 25.5. The van der Waals surface area contributed by atoms with Gasteiger partial charge in [0.05, 0.1) is 16.8 Å². The molecule has 1 N–H and O–H groups in total. The lowest BCUT2D eigenvalue weighted by atomic mass is 9.54. The second kappa shape index (κ2) is 8.63. The van der Waals surface area contributed by atoms with Crippen LogP contribution in [0.25, 0.3) is 0 Å². The van der Waals surface area contributed by atoms with E-state index in [0.29, 0.717) is 22.3 Å². The molecule has 7 rings (SSSR count). The van der Waals surface area contributed by atoms with Gasteiger partial charge in [0, 0.05) is 17.8 Å². The number of nitrogens with one attached hydrogen (secondary N) is 1. The molecular formula is C29H23Cl2N3O5. The van der Waals surface area contributed by atoms with Gasteiger partial charge in [0.2, 0.25) is 17.7 Å². The van der Waals surface area contributed by atoms with E-state index in [0.717, 1.165) is 4.90 Å². The van der Waals surface area contributed by atoms with Crippen LogP contribution in [0, 0.1) is 27.9 Å². The molecule has 1 aliphatic heterocycles. The van der Waals surface area contributed by atoms with Crippen LogP contribution in [-0.2, 0) is 24.1 Å². The summed E-state index contributed by atoms with van der Waals surface area (Å²) >= 11 is 14.9. The fraction of sp³-hybridized carbons (Fsp3) is 0.276. The van der Waals surface area contributed by atoms with E-state index < -0.39 is 56.2 Å². The number of rotatable bonds is 5. The zero-order chi connectivity index (χ0) is 27.9. The molecule has 3 aliphatic carbocycles. The molecule has 39 heavy (non-hydrogen) atoms. The monoisotopic (exact) mass is 563 g/mol. The molecule has 0 saturated carbocycles. The Morgan fingerprint density at radius 3 is 1.74 bits per heavy atom. The molecule has 1 fully saturated rings. The number of anilines is 1. The Morgan fingerprint density at radius 1 is 0.872 bits per heavy atom. The largest absolute Gasteiger partial charge is 0.324 e. The van der Waals surface area contributed by atoms with E-state index in [9.17, 15) is 24.5 Å². The van der Waals surface area contributed by atoms with Gasteiger partial charge in [-0.3, -0.25) is 29.4 Å². The quantitative estimate of drug-likeness (QED) is 0.200. The molecule has 4 aliphatic rings. The lowest BCUT2D eigenvalue weighted by molar-refractivity contribution is -0.384. The molecule has 3 aromatic carbocycles. The van der Waals surface area contributed by atoms with Crippen molar-refractivity contribution in [2.45, 2.75) is 29.6 Å². The Bertz CT molecular complexity index is 1470. The molecule has 1 saturated heterocycles. The van der Waals surface area contributed by atoms with E-state index in [-0.39, 0.29) is 11.4 Å². The number of halogens is 2. The highest BCUT2D eigenvalue weighted by atomic mass is 35.5. The van der Waals surface area contributed by atoms with Crippen LogP contribution in [0.4, 0.5) is 11.4 Å². The maximum Gasteiger partial charge on any atom is 0.271 e. The van der Waals surface area contributed by atoms with Crippen LogP contribution in [0.3, 0.4) is 0 Å². The van der Waals surface area contributed by atoms with Crippen molar-refractivity contribution >= 4 is 52.3 Å². The van der Waals surface area contributed by atoms with Crippen molar-refractivity contribution in [2.24, 2.45) is 17.8 Å². The van der Waals surface area contributed by atoms with Gasteiger partial charge in [0.1, 0.15) is 15.8 Å². The van der Waals surface area contributed by atoms with E-state index in [4.69, 9.17) is 23.2 Å². The van der Waals surface area contributed by atoms with Crippen molar-refractivity contribution in [2.75, 3.05) is 5.32 Å². The summed E-state index contributed by atoms with van der Waals surface area (Å²) in [5.74, 6) is -4.30. The van der Waals surface area contributed by atoms with Gasteiger partial charge in [-0.25, -0.2) is 0 Å². The molecule has 10 heteroatoms. The SMILES string of the molecule is CC(C)[C@@H](C(=O)Nc1cccc([N+](=O)[O-])c1)N1C(=O)[C@@H]2[C@H](C1=O)C1(Cl)c3ccccc3C2(Cl)c2ccccc21. The van der Waals surface area contributed by atoms with Crippen LogP contribution in [0.1, 0.15) is 36.1 Å². The number of likely N-dealkylation sites (tertiary alicyclic amines) is 1. The molecule has 198 valence electrons. The van der Waals surface area contributed by atoms with E-state index in [1.54, 1.807) is 13.8 Å². The van der Waals surface area contributed by atoms with Crippen molar-refractivity contribution in [3.8, 4) is 0 Å². The third-order valence-corrected chi connectivity index (χ3v) is 9.41. The fourth-order valence-electron chi connectivity index (χ4n) is 6.59. The van der Waals surface area contributed by atoms with Crippen LogP contribution in [0.15, 0.2) is 72.8 Å². The standard InChI is InChI=1S/C29H23Cl2N3O5/c1-15(2)24(25(35)32-16-8-7-9-17(14-16)34(38)39)33-26(36)22-23(27(33)37)29(31)19-11-4-3-10-18(19)28(22,30)20-12-5-6-13-21(20)29/h3-15,22-24H,1-2H3,(H,32,35)/t22-,23+,24-,28?,29?/m0/s1. The zero-order valence-electron chi connectivity index (χ0n) is 20.9. The van der Waals surface area contributed by atoms with Crippen molar-refractivity contribution in [1.29, 1.82) is 0 Å². The lowest BCUT2D eigenvalue weighted by Crippen LogP contribution is -2.57. The van der Waals surface area contributed by atoms with Crippen LogP contribution >= 0.6 is 23.2 Å². The number of nitro groups is 1. The first-order valence-electron chi connectivity index (χ1n) is 12.5. The second-order valence-corrected chi connectivity index (χ2v) is 11.7. The van der Waals surface area contributed by atoms with Gasteiger partial charge in [0.25, 0.3) is 5.69 Å². The molecule has 0 spiro atoms. The Hall–Kier alpha value is -3.75. The molecule has 2 bridgehead atoms. The van der Waals surface area contributed by atoms with E-state index in [1.807, 2.05) is 48.5 Å². The number of hydrogen-bond acceptors (Lipinski definition) is 5. The average Bonchev–Trinajstić information content (AvgIpc) is 3.18. The minimum Gasteiger partial charge on any atom is -0.324 e. The predicted octanol–water partition coefficient (Wildman–Crippen LogP) is 5.15. The predicted molar refractivity (Wildman–Crippen MR) is 145 cm³/mol. The Labute approximate surface area is 234 Å². The number of benzene rings is 3.